The van der Waals surface area contributed by atoms with E-state index in [9.17, 15) is 4.39 Å². The lowest BCUT2D eigenvalue weighted by atomic mass is 10.3. The van der Waals surface area contributed by atoms with Crippen LogP contribution in [0.4, 0.5) is 10.1 Å². The van der Waals surface area contributed by atoms with Gasteiger partial charge in [-0.05, 0) is 24.3 Å². The van der Waals surface area contributed by atoms with Gasteiger partial charge in [0.2, 0.25) is 0 Å². The highest BCUT2D eigenvalue weighted by molar-refractivity contribution is 6.30. The molecule has 0 heterocycles. The highest BCUT2D eigenvalue weighted by atomic mass is 35.5. The summed E-state index contributed by atoms with van der Waals surface area (Å²) in [5.41, 5.74) is 6.12. The van der Waals surface area contributed by atoms with Crippen LogP contribution in [-0.2, 0) is 0 Å². The molecule has 16 heavy (non-hydrogen) atoms. The van der Waals surface area contributed by atoms with Gasteiger partial charge in [0.1, 0.15) is 5.75 Å². The molecule has 0 atom stereocenters. The van der Waals surface area contributed by atoms with Gasteiger partial charge in [-0.2, -0.15) is 0 Å². The molecule has 0 saturated carbocycles. The number of nitrogens with two attached hydrogens (primary N) is 1. The van der Waals surface area contributed by atoms with Crippen molar-refractivity contribution in [2.75, 3.05) is 5.73 Å². The van der Waals surface area contributed by atoms with Crippen LogP contribution >= 0.6 is 11.6 Å². The molecule has 0 bridgehead atoms. The molecular weight excluding hydrogens is 229 g/mol. The first kappa shape index (κ1) is 10.8. The predicted molar refractivity (Wildman–Crippen MR) is 62.3 cm³/mol. The molecule has 2 N–H and O–H groups in total. The van der Waals surface area contributed by atoms with Gasteiger partial charge in [0.25, 0.3) is 0 Å². The van der Waals surface area contributed by atoms with E-state index in [0.717, 1.165) is 0 Å². The van der Waals surface area contributed by atoms with Crippen molar-refractivity contribution >= 4 is 17.3 Å². The summed E-state index contributed by atoms with van der Waals surface area (Å²) in [6, 6.07) is 11.4. The molecule has 2 rings (SSSR count). The first-order valence-electron chi connectivity index (χ1n) is 4.65. The van der Waals surface area contributed by atoms with Gasteiger partial charge >= 0.3 is 0 Å². The molecule has 2 aromatic rings. The highest BCUT2D eigenvalue weighted by Gasteiger charge is 2.09. The first-order valence-corrected chi connectivity index (χ1v) is 5.02. The Labute approximate surface area is 97.4 Å². The van der Waals surface area contributed by atoms with Crippen LogP contribution in [-0.4, -0.2) is 0 Å². The Morgan fingerprint density at radius 1 is 1.00 bits per heavy atom. The van der Waals surface area contributed by atoms with E-state index in [2.05, 4.69) is 0 Å². The van der Waals surface area contributed by atoms with Gasteiger partial charge in [0.05, 0.1) is 10.7 Å². The van der Waals surface area contributed by atoms with Crippen LogP contribution in [0, 0.1) is 5.82 Å². The Bertz CT molecular complexity index is 516. The minimum absolute atomic E-state index is 0.0204. The minimum atomic E-state index is -0.590. The standard InChI is InChI=1S/C12H9ClFNO/c13-8-4-3-7-11(12(8)14)16-10-6-2-1-5-9(10)15/h1-7H,15H2. The number of halogens is 2. The summed E-state index contributed by atoms with van der Waals surface area (Å²) in [7, 11) is 0. The second-order valence-electron chi connectivity index (χ2n) is 3.19. The van der Waals surface area contributed by atoms with Crippen molar-refractivity contribution in [1.29, 1.82) is 0 Å². The quantitative estimate of drug-likeness (QED) is 0.805. The SMILES string of the molecule is Nc1ccccc1Oc1cccc(Cl)c1F. The summed E-state index contributed by atoms with van der Waals surface area (Å²) in [6.07, 6.45) is 0. The zero-order valence-electron chi connectivity index (χ0n) is 8.28. The van der Waals surface area contributed by atoms with Crippen molar-refractivity contribution in [3.8, 4) is 11.5 Å². The molecule has 82 valence electrons. The summed E-state index contributed by atoms with van der Waals surface area (Å²) in [4.78, 5) is 0. The van der Waals surface area contributed by atoms with Crippen molar-refractivity contribution in [2.24, 2.45) is 0 Å². The van der Waals surface area contributed by atoms with Gasteiger partial charge in [-0.1, -0.05) is 29.8 Å². The van der Waals surface area contributed by atoms with Crippen molar-refractivity contribution in [2.45, 2.75) is 0 Å². The Kier molecular flexibility index (Phi) is 2.97. The van der Waals surface area contributed by atoms with E-state index >= 15 is 0 Å². The number of hydrogen-bond donors (Lipinski definition) is 1. The number of benzene rings is 2. The fourth-order valence-electron chi connectivity index (χ4n) is 1.25. The average molecular weight is 238 g/mol. The van der Waals surface area contributed by atoms with Gasteiger partial charge in [0, 0.05) is 0 Å². The van der Waals surface area contributed by atoms with Crippen LogP contribution in [0.15, 0.2) is 42.5 Å². The normalized spacial score (nSPS) is 10.1. The lowest BCUT2D eigenvalue weighted by Crippen LogP contribution is -1.93. The number of nitrogen functional groups attached to an aromatic ring is 1. The van der Waals surface area contributed by atoms with E-state index < -0.39 is 5.82 Å². The van der Waals surface area contributed by atoms with Gasteiger partial charge in [-0.3, -0.25) is 0 Å². The number of rotatable bonds is 2. The molecule has 2 aromatic carbocycles. The largest absolute Gasteiger partial charge is 0.452 e. The number of hydrogen-bond acceptors (Lipinski definition) is 2. The Morgan fingerprint density at radius 2 is 1.69 bits per heavy atom. The molecule has 4 heteroatoms. The second-order valence-corrected chi connectivity index (χ2v) is 3.60. The molecule has 0 spiro atoms. The summed E-state index contributed by atoms with van der Waals surface area (Å²) in [5, 5.41) is 0.0204. The fraction of sp³-hybridized carbons (Fsp3) is 0. The maximum Gasteiger partial charge on any atom is 0.184 e. The van der Waals surface area contributed by atoms with Crippen molar-refractivity contribution in [1.82, 2.24) is 0 Å². The van der Waals surface area contributed by atoms with Crippen molar-refractivity contribution < 1.29 is 9.13 Å². The smallest absolute Gasteiger partial charge is 0.184 e. The third-order valence-corrected chi connectivity index (χ3v) is 2.35. The van der Waals surface area contributed by atoms with Gasteiger partial charge in [-0.15, -0.1) is 0 Å². The zero-order valence-corrected chi connectivity index (χ0v) is 9.04. The van der Waals surface area contributed by atoms with Crippen LogP contribution in [0.25, 0.3) is 0 Å². The molecule has 0 aromatic heterocycles. The summed E-state index contributed by atoms with van der Waals surface area (Å²) in [6.45, 7) is 0. The van der Waals surface area contributed by atoms with Crippen molar-refractivity contribution in [3.63, 3.8) is 0 Å². The molecule has 0 unspecified atom stereocenters. The van der Waals surface area contributed by atoms with E-state index in [1.807, 2.05) is 0 Å². The summed E-state index contributed by atoms with van der Waals surface area (Å²) >= 11 is 5.63. The molecular formula is C12H9ClFNO. The Balaban J connectivity index is 2.35. The maximum atomic E-state index is 13.5. The van der Waals surface area contributed by atoms with Gasteiger partial charge in [-0.25, -0.2) is 4.39 Å². The van der Waals surface area contributed by atoms with Gasteiger partial charge < -0.3 is 10.5 Å². The molecule has 0 radical (unpaired) electrons. The van der Waals surface area contributed by atoms with E-state index in [-0.39, 0.29) is 10.8 Å². The summed E-state index contributed by atoms with van der Waals surface area (Å²) in [5.74, 6) is -0.124. The summed E-state index contributed by atoms with van der Waals surface area (Å²) < 4.78 is 18.9. The van der Waals surface area contributed by atoms with Crippen LogP contribution in [0.1, 0.15) is 0 Å². The number of para-hydroxylation sites is 2. The third-order valence-electron chi connectivity index (χ3n) is 2.06. The predicted octanol–water partition coefficient (Wildman–Crippen LogP) is 3.85. The van der Waals surface area contributed by atoms with Gasteiger partial charge in [0.15, 0.2) is 11.6 Å². The van der Waals surface area contributed by atoms with Crippen LogP contribution in [0.3, 0.4) is 0 Å². The Morgan fingerprint density at radius 3 is 2.44 bits per heavy atom. The number of anilines is 1. The first-order chi connectivity index (χ1) is 7.68. The number of ether oxygens (including phenoxy) is 1. The van der Waals surface area contributed by atoms with E-state index in [1.54, 1.807) is 30.3 Å². The van der Waals surface area contributed by atoms with Crippen LogP contribution in [0.2, 0.25) is 5.02 Å². The highest BCUT2D eigenvalue weighted by Crippen LogP contribution is 2.31. The second kappa shape index (κ2) is 4.41. The van der Waals surface area contributed by atoms with Crippen LogP contribution < -0.4 is 10.5 Å². The molecule has 0 amide bonds. The van der Waals surface area contributed by atoms with Crippen molar-refractivity contribution in [3.05, 3.63) is 53.3 Å². The lowest BCUT2D eigenvalue weighted by molar-refractivity contribution is 0.444. The minimum Gasteiger partial charge on any atom is -0.452 e. The molecule has 0 aliphatic rings. The molecule has 0 aliphatic heterocycles. The zero-order chi connectivity index (χ0) is 11.5. The van der Waals surface area contributed by atoms with Crippen LogP contribution in [0.5, 0.6) is 11.5 Å². The van der Waals surface area contributed by atoms with E-state index in [0.29, 0.717) is 11.4 Å². The van der Waals surface area contributed by atoms with E-state index in [1.165, 1.54) is 12.1 Å². The maximum absolute atomic E-state index is 13.5. The Hall–Kier alpha value is -1.74. The lowest BCUT2D eigenvalue weighted by Gasteiger charge is -2.09. The third kappa shape index (κ3) is 2.09. The average Bonchev–Trinajstić information content (AvgIpc) is 2.28. The molecule has 0 saturated heterocycles. The monoisotopic (exact) mass is 237 g/mol. The molecule has 0 fully saturated rings. The fourth-order valence-corrected chi connectivity index (χ4v) is 1.42. The molecule has 0 aliphatic carbocycles. The topological polar surface area (TPSA) is 35.2 Å². The molecule has 2 nitrogen and oxygen atoms in total. The van der Waals surface area contributed by atoms with E-state index in [4.69, 9.17) is 22.1 Å².